The molecule has 1 aromatic carbocycles. The number of allylic oxidation sites excluding steroid dienone is 2. The summed E-state index contributed by atoms with van der Waals surface area (Å²) in [6, 6.07) is 10.6. The Morgan fingerprint density at radius 1 is 1.29 bits per heavy atom. The Hall–Kier alpha value is -1.37. The lowest BCUT2D eigenvalue weighted by atomic mass is 9.99. The maximum atomic E-state index is 3.81. The van der Waals surface area contributed by atoms with Crippen LogP contribution in [0.1, 0.15) is 45.6 Å². The highest BCUT2D eigenvalue weighted by atomic mass is 14.6. The Bertz CT molecular complexity index is 336. The molecule has 0 amide bonds. The van der Waals surface area contributed by atoms with Crippen LogP contribution in [0.3, 0.4) is 0 Å². The summed E-state index contributed by atoms with van der Waals surface area (Å²) in [5, 5.41) is 0. The Balaban J connectivity index is 0.000000325. The van der Waals surface area contributed by atoms with Crippen molar-refractivity contribution in [1.82, 2.24) is 0 Å². The van der Waals surface area contributed by atoms with Gasteiger partial charge < -0.3 is 0 Å². The van der Waals surface area contributed by atoms with E-state index in [1.165, 1.54) is 17.6 Å². The smallest absolute Gasteiger partial charge is 0.0277 e. The van der Waals surface area contributed by atoms with Crippen molar-refractivity contribution < 1.29 is 0 Å². The number of aliphatic imine (C=N–C) groups is 1. The van der Waals surface area contributed by atoms with E-state index in [1.54, 1.807) is 7.05 Å². The molecule has 0 N–H and O–H groups in total. The van der Waals surface area contributed by atoms with E-state index in [0.29, 0.717) is 5.92 Å². The van der Waals surface area contributed by atoms with E-state index < -0.39 is 0 Å². The topological polar surface area (TPSA) is 12.4 Å². The molecule has 0 saturated carbocycles. The molecule has 1 heteroatoms. The van der Waals surface area contributed by atoms with Crippen LogP contribution >= 0.6 is 0 Å². The molecule has 1 nitrogen and oxygen atoms in total. The van der Waals surface area contributed by atoms with Crippen molar-refractivity contribution >= 4 is 6.21 Å². The second kappa shape index (κ2) is 9.83. The maximum absolute atomic E-state index is 3.81. The van der Waals surface area contributed by atoms with Gasteiger partial charge in [0.15, 0.2) is 0 Å². The van der Waals surface area contributed by atoms with Crippen LogP contribution in [0.5, 0.6) is 0 Å². The van der Waals surface area contributed by atoms with Crippen molar-refractivity contribution in [2.45, 2.75) is 40.0 Å². The minimum Gasteiger partial charge on any atom is -0.296 e. The Morgan fingerprint density at radius 2 is 1.88 bits per heavy atom. The summed E-state index contributed by atoms with van der Waals surface area (Å²) >= 11 is 0. The number of benzene rings is 1. The van der Waals surface area contributed by atoms with Gasteiger partial charge in [0.2, 0.25) is 0 Å². The highest BCUT2D eigenvalue weighted by Gasteiger charge is 1.98. The molecule has 0 radical (unpaired) electrons. The standard InChI is InChI=1S/C10H14.C6H11N/c1-3-9(2)10-7-5-4-6-8-10;1-4-6(2)5-7-3/h4-9H,3H2,1-2H3;4-5H,1-3H3/b;6-4-,7-5?. The molecule has 1 atom stereocenters. The molecule has 17 heavy (non-hydrogen) atoms. The highest BCUT2D eigenvalue weighted by molar-refractivity contribution is 5.77. The molecule has 0 aliphatic heterocycles. The molecule has 0 aliphatic carbocycles. The van der Waals surface area contributed by atoms with Gasteiger partial charge in [0.1, 0.15) is 0 Å². The van der Waals surface area contributed by atoms with Gasteiger partial charge in [-0.05, 0) is 37.3 Å². The van der Waals surface area contributed by atoms with Crippen LogP contribution in [0.15, 0.2) is 47.0 Å². The van der Waals surface area contributed by atoms with E-state index in [2.05, 4.69) is 49.2 Å². The van der Waals surface area contributed by atoms with E-state index in [-0.39, 0.29) is 0 Å². The minimum absolute atomic E-state index is 0.709. The van der Waals surface area contributed by atoms with Crippen molar-refractivity contribution in [3.8, 4) is 0 Å². The first-order valence-corrected chi connectivity index (χ1v) is 6.25. The molecule has 0 fully saturated rings. The average molecular weight is 231 g/mol. The molecule has 0 bridgehead atoms. The van der Waals surface area contributed by atoms with Crippen molar-refractivity contribution in [2.24, 2.45) is 4.99 Å². The molecule has 0 heterocycles. The van der Waals surface area contributed by atoms with Crippen LogP contribution in [-0.2, 0) is 0 Å². The molecule has 0 aliphatic rings. The Kier molecular flexibility index (Phi) is 9.04. The zero-order chi connectivity index (χ0) is 13.1. The Labute approximate surface area is 106 Å². The lowest BCUT2D eigenvalue weighted by molar-refractivity contribution is 0.733. The van der Waals surface area contributed by atoms with Gasteiger partial charge in [0.25, 0.3) is 0 Å². The number of hydrogen-bond donors (Lipinski definition) is 0. The number of hydrogen-bond acceptors (Lipinski definition) is 1. The monoisotopic (exact) mass is 231 g/mol. The highest BCUT2D eigenvalue weighted by Crippen LogP contribution is 2.16. The molecule has 1 rings (SSSR count). The van der Waals surface area contributed by atoms with Crippen LogP contribution in [0.2, 0.25) is 0 Å². The predicted octanol–water partition coefficient (Wildman–Crippen LogP) is 4.85. The summed E-state index contributed by atoms with van der Waals surface area (Å²) < 4.78 is 0. The van der Waals surface area contributed by atoms with Gasteiger partial charge in [-0.1, -0.05) is 50.3 Å². The zero-order valence-corrected chi connectivity index (χ0v) is 11.8. The van der Waals surface area contributed by atoms with Crippen LogP contribution in [0.25, 0.3) is 0 Å². The lowest BCUT2D eigenvalue weighted by Crippen LogP contribution is -1.88. The third-order valence-corrected chi connectivity index (χ3v) is 2.77. The largest absolute Gasteiger partial charge is 0.296 e. The summed E-state index contributed by atoms with van der Waals surface area (Å²) in [5.74, 6) is 0.709. The van der Waals surface area contributed by atoms with Gasteiger partial charge in [0.05, 0.1) is 0 Å². The quantitative estimate of drug-likeness (QED) is 0.659. The van der Waals surface area contributed by atoms with Gasteiger partial charge >= 0.3 is 0 Å². The van der Waals surface area contributed by atoms with Crippen molar-refractivity contribution in [1.29, 1.82) is 0 Å². The lowest BCUT2D eigenvalue weighted by Gasteiger charge is -2.06. The van der Waals surface area contributed by atoms with Crippen LogP contribution < -0.4 is 0 Å². The van der Waals surface area contributed by atoms with Crippen LogP contribution in [0, 0.1) is 0 Å². The SMILES string of the molecule is C/C=C(/C)C=NC.CCC(C)c1ccccc1. The number of rotatable bonds is 3. The minimum atomic E-state index is 0.709. The third-order valence-electron chi connectivity index (χ3n) is 2.77. The van der Waals surface area contributed by atoms with Gasteiger partial charge in [-0.3, -0.25) is 4.99 Å². The Morgan fingerprint density at radius 3 is 2.24 bits per heavy atom. The fraction of sp³-hybridized carbons (Fsp3) is 0.438. The maximum Gasteiger partial charge on any atom is 0.0277 e. The van der Waals surface area contributed by atoms with Crippen LogP contribution in [0.4, 0.5) is 0 Å². The number of nitrogens with zero attached hydrogens (tertiary/aromatic N) is 1. The molecule has 1 unspecified atom stereocenters. The fourth-order valence-corrected chi connectivity index (χ4v) is 1.30. The molecular weight excluding hydrogens is 206 g/mol. The normalized spacial score (nSPS) is 13.1. The van der Waals surface area contributed by atoms with E-state index >= 15 is 0 Å². The van der Waals surface area contributed by atoms with Crippen molar-refractivity contribution in [3.63, 3.8) is 0 Å². The zero-order valence-electron chi connectivity index (χ0n) is 11.8. The molecule has 94 valence electrons. The average Bonchev–Trinajstić information content (AvgIpc) is 2.39. The first kappa shape index (κ1) is 15.6. The molecule has 1 aromatic rings. The van der Waals surface area contributed by atoms with Crippen molar-refractivity contribution in [3.05, 3.63) is 47.5 Å². The fourth-order valence-electron chi connectivity index (χ4n) is 1.30. The summed E-state index contributed by atoms with van der Waals surface area (Å²) in [5.41, 5.74) is 2.66. The van der Waals surface area contributed by atoms with E-state index in [4.69, 9.17) is 0 Å². The first-order chi connectivity index (χ1) is 8.15. The van der Waals surface area contributed by atoms with E-state index in [9.17, 15) is 0 Å². The third kappa shape index (κ3) is 7.51. The summed E-state index contributed by atoms with van der Waals surface area (Å²) in [7, 11) is 1.77. The summed E-state index contributed by atoms with van der Waals surface area (Å²) in [6.45, 7) is 8.50. The molecular formula is C16H25N. The summed E-state index contributed by atoms with van der Waals surface area (Å²) in [6.07, 6.45) is 5.08. The molecule has 0 aromatic heterocycles. The van der Waals surface area contributed by atoms with E-state index in [0.717, 1.165) is 0 Å². The molecule has 0 spiro atoms. The van der Waals surface area contributed by atoms with Crippen molar-refractivity contribution in [2.75, 3.05) is 7.05 Å². The first-order valence-electron chi connectivity index (χ1n) is 6.25. The van der Waals surface area contributed by atoms with Crippen LogP contribution in [-0.4, -0.2) is 13.3 Å². The van der Waals surface area contributed by atoms with E-state index in [1.807, 2.05) is 26.1 Å². The predicted molar refractivity (Wildman–Crippen MR) is 79.0 cm³/mol. The second-order valence-corrected chi connectivity index (χ2v) is 4.14. The van der Waals surface area contributed by atoms with Gasteiger partial charge in [-0.25, -0.2) is 0 Å². The van der Waals surface area contributed by atoms with Gasteiger partial charge in [0, 0.05) is 13.3 Å². The summed E-state index contributed by atoms with van der Waals surface area (Å²) in [4.78, 5) is 3.81. The van der Waals surface area contributed by atoms with Gasteiger partial charge in [-0.15, -0.1) is 0 Å². The van der Waals surface area contributed by atoms with Gasteiger partial charge in [-0.2, -0.15) is 0 Å². The molecule has 0 saturated heterocycles. The second-order valence-electron chi connectivity index (χ2n) is 4.14.